The number of benzene rings is 2. The van der Waals surface area contributed by atoms with Crippen LogP contribution in [-0.4, -0.2) is 60.5 Å². The summed E-state index contributed by atoms with van der Waals surface area (Å²) < 4.78 is 24.3. The summed E-state index contributed by atoms with van der Waals surface area (Å²) in [7, 11) is 4.01. The fourth-order valence-corrected chi connectivity index (χ4v) is 5.06. The Morgan fingerprint density at radius 3 is 2.14 bits per heavy atom. The first kappa shape index (κ1) is 20.9. The van der Waals surface area contributed by atoms with Gasteiger partial charge in [-0.25, -0.2) is 0 Å². The van der Waals surface area contributed by atoms with E-state index in [1.165, 1.54) is 0 Å². The van der Waals surface area contributed by atoms with Crippen molar-refractivity contribution in [1.82, 2.24) is 19.8 Å². The first-order valence-electron chi connectivity index (χ1n) is 11.6. The number of nitrogens with zero attached hydrogens (tertiary/aromatic N) is 2. The fourth-order valence-electron chi connectivity index (χ4n) is 5.06. The number of amides is 2. The lowest BCUT2D eigenvalue weighted by molar-refractivity contribution is -0.122. The normalized spacial score (nSPS) is 16.3. The molecule has 3 aliphatic heterocycles. The van der Waals surface area contributed by atoms with E-state index in [0.29, 0.717) is 51.8 Å². The lowest BCUT2D eigenvalue weighted by Gasteiger charge is -2.11. The predicted molar refractivity (Wildman–Crippen MR) is 131 cm³/mol. The Bertz CT molecular complexity index is 1640. The van der Waals surface area contributed by atoms with Gasteiger partial charge in [0.25, 0.3) is 11.8 Å². The molecule has 5 heterocycles. The highest BCUT2D eigenvalue weighted by Crippen LogP contribution is 2.44. The number of rotatable bonds is 5. The third-order valence-electron chi connectivity index (χ3n) is 6.81. The number of imide groups is 1. The van der Waals surface area contributed by atoms with Gasteiger partial charge in [0.15, 0.2) is 23.0 Å². The van der Waals surface area contributed by atoms with E-state index in [0.717, 1.165) is 28.4 Å². The Hall–Kier alpha value is -4.44. The zero-order valence-electron chi connectivity index (χ0n) is 19.6. The summed E-state index contributed by atoms with van der Waals surface area (Å²) in [6.45, 7) is 1.78. The first-order chi connectivity index (χ1) is 17.5. The monoisotopic (exact) mass is 486 g/mol. The molecule has 10 heteroatoms. The van der Waals surface area contributed by atoms with Crippen LogP contribution in [0.15, 0.2) is 36.7 Å². The quantitative estimate of drug-likeness (QED) is 0.418. The fraction of sp³-hybridized carbons (Fsp3) is 0.231. The van der Waals surface area contributed by atoms with E-state index in [1.54, 1.807) is 6.20 Å². The van der Waals surface area contributed by atoms with Crippen LogP contribution in [-0.2, 0) is 16.1 Å². The Kier molecular flexibility index (Phi) is 4.37. The van der Waals surface area contributed by atoms with Gasteiger partial charge in [-0.1, -0.05) is 0 Å². The van der Waals surface area contributed by atoms with Crippen LogP contribution in [0.3, 0.4) is 0 Å². The molecule has 2 aromatic heterocycles. The van der Waals surface area contributed by atoms with Crippen LogP contribution < -0.4 is 24.3 Å². The molecule has 0 radical (unpaired) electrons. The van der Waals surface area contributed by atoms with Crippen molar-refractivity contribution >= 4 is 44.8 Å². The molecule has 7 rings (SSSR count). The Balaban J connectivity index is 1.47. The predicted octanol–water partition coefficient (Wildman–Crippen LogP) is 2.71. The van der Waals surface area contributed by atoms with Crippen LogP contribution in [0.5, 0.6) is 23.0 Å². The van der Waals surface area contributed by atoms with Gasteiger partial charge in [-0.2, -0.15) is 0 Å². The molecular weight excluding hydrogens is 464 g/mol. The number of hydrogen-bond donors (Lipinski definition) is 2. The second kappa shape index (κ2) is 7.53. The summed E-state index contributed by atoms with van der Waals surface area (Å²) >= 11 is 0. The van der Waals surface area contributed by atoms with Gasteiger partial charge in [-0.15, -0.1) is 0 Å². The number of likely N-dealkylation sites (N-methyl/N-ethyl adjacent to an activating group) is 1. The number of aromatic nitrogens is 2. The van der Waals surface area contributed by atoms with E-state index >= 15 is 0 Å². The van der Waals surface area contributed by atoms with E-state index in [-0.39, 0.29) is 13.6 Å². The number of hydrogen-bond acceptors (Lipinski definition) is 7. The summed E-state index contributed by atoms with van der Waals surface area (Å²) in [6, 6.07) is 7.48. The minimum absolute atomic E-state index is 0.146. The largest absolute Gasteiger partial charge is 0.454 e. The molecule has 0 aliphatic carbocycles. The summed E-state index contributed by atoms with van der Waals surface area (Å²) in [4.78, 5) is 31.7. The minimum Gasteiger partial charge on any atom is -0.454 e. The second-order valence-electron chi connectivity index (χ2n) is 9.25. The maximum absolute atomic E-state index is 13.2. The highest BCUT2D eigenvalue weighted by atomic mass is 16.7. The van der Waals surface area contributed by atoms with Crippen LogP contribution in [0.2, 0.25) is 0 Å². The number of carbonyl (C=O) groups excluding carboxylic acids is 2. The average Bonchev–Trinajstić information content (AvgIpc) is 3.65. The van der Waals surface area contributed by atoms with Gasteiger partial charge in [0, 0.05) is 65.0 Å². The smallest absolute Gasteiger partial charge is 0.259 e. The van der Waals surface area contributed by atoms with Crippen molar-refractivity contribution in [3.05, 3.63) is 47.8 Å². The zero-order chi connectivity index (χ0) is 24.6. The summed E-state index contributed by atoms with van der Waals surface area (Å²) in [6.07, 6.45) is 3.67. The molecule has 10 nitrogen and oxygen atoms in total. The van der Waals surface area contributed by atoms with E-state index in [4.69, 9.17) is 18.9 Å². The molecule has 0 unspecified atom stereocenters. The molecule has 0 saturated carbocycles. The highest BCUT2D eigenvalue weighted by Gasteiger charge is 2.36. The molecule has 0 atom stereocenters. The van der Waals surface area contributed by atoms with Crippen LogP contribution in [0, 0.1) is 0 Å². The number of ether oxygens (including phenoxy) is 4. The summed E-state index contributed by atoms with van der Waals surface area (Å²) in [5, 5.41) is 4.08. The Morgan fingerprint density at radius 1 is 0.833 bits per heavy atom. The van der Waals surface area contributed by atoms with E-state index in [1.807, 2.05) is 44.6 Å². The third-order valence-corrected chi connectivity index (χ3v) is 6.81. The molecule has 0 bridgehead atoms. The summed E-state index contributed by atoms with van der Waals surface area (Å²) in [5.74, 6) is 1.63. The topological polar surface area (TPSA) is 107 Å². The van der Waals surface area contributed by atoms with Crippen molar-refractivity contribution in [2.24, 2.45) is 0 Å². The van der Waals surface area contributed by atoms with Gasteiger partial charge in [-0.05, 0) is 26.2 Å². The molecule has 36 heavy (non-hydrogen) atoms. The molecule has 2 N–H and O–H groups in total. The molecule has 0 spiro atoms. The standard InChI is InChI=1S/C26H22N4O6/c1-29(2)3-4-30-10-16(14-6-20-22(8-18(14)30)36-12-34-20)24-23(25(31)28-26(24)32)15-9-27-17-7-21-19(5-13(15)17)33-11-35-21/h5-10,27H,3-4,11-12H2,1-2H3,(H,28,31,32). The lowest BCUT2D eigenvalue weighted by Crippen LogP contribution is -2.22. The third kappa shape index (κ3) is 3.01. The molecule has 4 aromatic rings. The lowest BCUT2D eigenvalue weighted by atomic mass is 9.95. The van der Waals surface area contributed by atoms with Crippen LogP contribution in [0.4, 0.5) is 0 Å². The maximum Gasteiger partial charge on any atom is 0.259 e. The van der Waals surface area contributed by atoms with Gasteiger partial charge in [0.05, 0.1) is 16.7 Å². The number of H-pyrrole nitrogens is 1. The van der Waals surface area contributed by atoms with Crippen molar-refractivity contribution in [3.8, 4) is 23.0 Å². The molecule has 2 aromatic carbocycles. The van der Waals surface area contributed by atoms with Crippen molar-refractivity contribution in [1.29, 1.82) is 0 Å². The van der Waals surface area contributed by atoms with Crippen LogP contribution in [0.25, 0.3) is 33.0 Å². The van der Waals surface area contributed by atoms with E-state index < -0.39 is 11.8 Å². The van der Waals surface area contributed by atoms with Crippen molar-refractivity contribution in [2.75, 3.05) is 34.2 Å². The highest BCUT2D eigenvalue weighted by molar-refractivity contribution is 6.50. The van der Waals surface area contributed by atoms with E-state index in [2.05, 4.69) is 19.8 Å². The Labute approximate surface area is 205 Å². The Morgan fingerprint density at radius 2 is 1.44 bits per heavy atom. The van der Waals surface area contributed by atoms with Crippen LogP contribution >= 0.6 is 0 Å². The van der Waals surface area contributed by atoms with Crippen molar-refractivity contribution in [2.45, 2.75) is 6.54 Å². The molecular formula is C26H22N4O6. The number of nitrogens with one attached hydrogen (secondary N) is 2. The van der Waals surface area contributed by atoms with Gasteiger partial charge in [-0.3, -0.25) is 14.9 Å². The number of aromatic amines is 1. The SMILES string of the molecule is CN(C)CCn1cc(C2=C(c3c[nH]c4cc5c(cc34)OCO5)C(=O)NC2=O)c2cc3c(cc21)OCO3. The zero-order valence-corrected chi connectivity index (χ0v) is 19.6. The first-order valence-corrected chi connectivity index (χ1v) is 11.6. The molecule has 0 fully saturated rings. The second-order valence-corrected chi connectivity index (χ2v) is 9.25. The summed E-state index contributed by atoms with van der Waals surface area (Å²) in [5.41, 5.74) is 3.61. The van der Waals surface area contributed by atoms with E-state index in [9.17, 15) is 9.59 Å². The van der Waals surface area contributed by atoms with Crippen molar-refractivity contribution in [3.63, 3.8) is 0 Å². The number of carbonyl (C=O) groups is 2. The van der Waals surface area contributed by atoms with Gasteiger partial charge >= 0.3 is 0 Å². The molecule has 182 valence electrons. The van der Waals surface area contributed by atoms with Gasteiger partial charge in [0.2, 0.25) is 13.6 Å². The molecule has 2 amide bonds. The average molecular weight is 486 g/mol. The van der Waals surface area contributed by atoms with Crippen LogP contribution in [0.1, 0.15) is 11.1 Å². The van der Waals surface area contributed by atoms with Gasteiger partial charge < -0.3 is 33.4 Å². The minimum atomic E-state index is -0.441. The molecule has 3 aliphatic rings. The van der Waals surface area contributed by atoms with Crippen molar-refractivity contribution < 1.29 is 28.5 Å². The molecule has 0 saturated heterocycles. The van der Waals surface area contributed by atoms with Gasteiger partial charge in [0.1, 0.15) is 0 Å². The maximum atomic E-state index is 13.2. The number of fused-ring (bicyclic) bond motifs is 4.